The van der Waals surface area contributed by atoms with Crippen LogP contribution in [0.15, 0.2) is 47.5 Å². The molecule has 0 radical (unpaired) electrons. The number of Topliss-reactive ketones (excluding diaryl/α,β-unsaturated/α-hetero) is 1. The van der Waals surface area contributed by atoms with Crippen molar-refractivity contribution in [3.63, 3.8) is 0 Å². The minimum absolute atomic E-state index is 0.00121. The number of alkyl halides is 3. The van der Waals surface area contributed by atoms with Gasteiger partial charge in [0.05, 0.1) is 23.5 Å². The fraction of sp³-hybridized carbons (Fsp3) is 0.294. The van der Waals surface area contributed by atoms with E-state index in [0.29, 0.717) is 11.8 Å². The number of ether oxygens (including phenoxy) is 1. The first kappa shape index (κ1) is 19.3. The van der Waals surface area contributed by atoms with Gasteiger partial charge in [0.2, 0.25) is 15.9 Å². The Labute approximate surface area is 153 Å². The molecule has 27 heavy (non-hydrogen) atoms. The average molecular weight is 400 g/mol. The first-order valence-corrected chi connectivity index (χ1v) is 9.32. The van der Waals surface area contributed by atoms with E-state index in [1.165, 1.54) is 35.5 Å². The van der Waals surface area contributed by atoms with E-state index in [1.807, 2.05) is 0 Å². The van der Waals surface area contributed by atoms with E-state index in [9.17, 15) is 26.4 Å². The molecule has 3 rings (SSSR count). The van der Waals surface area contributed by atoms with E-state index >= 15 is 0 Å². The third-order valence-electron chi connectivity index (χ3n) is 4.04. The molecule has 0 amide bonds. The zero-order valence-electron chi connectivity index (χ0n) is 14.1. The monoisotopic (exact) mass is 400 g/mol. The van der Waals surface area contributed by atoms with Gasteiger partial charge >= 0.3 is 6.18 Å². The average Bonchev–Trinajstić information content (AvgIpc) is 2.57. The standard InChI is InChI=1S/C17H15F3N2O4S/c1-11(23)12-3-2-4-15(7-12)27(24,25)22-9-14(10-22)26-16-6-5-13(8-21-16)17(18,19)20/h2-8,14H,9-10H2,1H3. The Bertz CT molecular complexity index is 953. The van der Waals surface area contributed by atoms with Crippen LogP contribution in [0.25, 0.3) is 0 Å². The number of ketones is 1. The number of hydrogen-bond acceptors (Lipinski definition) is 5. The first-order valence-electron chi connectivity index (χ1n) is 7.88. The Hall–Kier alpha value is -2.46. The molecule has 1 aliphatic heterocycles. The maximum atomic E-state index is 12.6. The van der Waals surface area contributed by atoms with Crippen molar-refractivity contribution in [2.24, 2.45) is 0 Å². The molecule has 0 atom stereocenters. The molecule has 1 aliphatic rings. The van der Waals surface area contributed by atoms with Crippen LogP contribution in [-0.4, -0.2) is 42.7 Å². The number of carbonyl (C=O) groups is 1. The topological polar surface area (TPSA) is 76.6 Å². The number of sulfonamides is 1. The molecule has 1 saturated heterocycles. The minimum atomic E-state index is -4.48. The SMILES string of the molecule is CC(=O)c1cccc(S(=O)(=O)N2CC(Oc3ccc(C(F)(F)F)cn3)C2)c1. The first-order chi connectivity index (χ1) is 12.6. The molecular weight excluding hydrogens is 385 g/mol. The zero-order valence-corrected chi connectivity index (χ0v) is 14.9. The second-order valence-electron chi connectivity index (χ2n) is 6.03. The normalized spacial score (nSPS) is 16.0. The molecule has 0 aliphatic carbocycles. The smallest absolute Gasteiger partial charge is 0.417 e. The molecule has 1 aromatic carbocycles. The van der Waals surface area contributed by atoms with Gasteiger partial charge in [-0.25, -0.2) is 13.4 Å². The predicted molar refractivity (Wildman–Crippen MR) is 88.9 cm³/mol. The van der Waals surface area contributed by atoms with Gasteiger partial charge in [0.15, 0.2) is 5.78 Å². The second-order valence-corrected chi connectivity index (χ2v) is 7.97. The lowest BCUT2D eigenvalue weighted by atomic mass is 10.2. The fourth-order valence-corrected chi connectivity index (χ4v) is 4.03. The van der Waals surface area contributed by atoms with Gasteiger partial charge < -0.3 is 4.74 Å². The lowest BCUT2D eigenvalue weighted by molar-refractivity contribution is -0.137. The van der Waals surface area contributed by atoms with Crippen LogP contribution in [0, 0.1) is 0 Å². The molecule has 144 valence electrons. The molecule has 1 aromatic heterocycles. The van der Waals surface area contributed by atoms with E-state index in [0.717, 1.165) is 12.1 Å². The van der Waals surface area contributed by atoms with Crippen LogP contribution in [-0.2, 0) is 16.2 Å². The summed E-state index contributed by atoms with van der Waals surface area (Å²) in [5.41, 5.74) is -0.601. The van der Waals surface area contributed by atoms with Crippen LogP contribution in [0.1, 0.15) is 22.8 Å². The summed E-state index contributed by atoms with van der Waals surface area (Å²) in [7, 11) is -3.78. The number of nitrogens with zero attached hydrogens (tertiary/aromatic N) is 2. The van der Waals surface area contributed by atoms with E-state index in [1.54, 1.807) is 0 Å². The molecular formula is C17H15F3N2O4S. The van der Waals surface area contributed by atoms with E-state index in [4.69, 9.17) is 4.74 Å². The molecule has 10 heteroatoms. The summed E-state index contributed by atoms with van der Waals surface area (Å²) in [6, 6.07) is 7.67. The molecule has 0 bridgehead atoms. The lowest BCUT2D eigenvalue weighted by Gasteiger charge is -2.37. The van der Waals surface area contributed by atoms with Crippen molar-refractivity contribution in [2.75, 3.05) is 13.1 Å². The summed E-state index contributed by atoms with van der Waals surface area (Å²) in [4.78, 5) is 15.0. The molecule has 0 saturated carbocycles. The number of halogens is 3. The number of benzene rings is 1. The van der Waals surface area contributed by atoms with Gasteiger partial charge in [0.1, 0.15) is 6.10 Å². The molecule has 0 spiro atoms. The van der Waals surface area contributed by atoms with Gasteiger partial charge in [0.25, 0.3) is 0 Å². The highest BCUT2D eigenvalue weighted by atomic mass is 32.2. The highest BCUT2D eigenvalue weighted by Gasteiger charge is 2.38. The number of pyridine rings is 1. The van der Waals surface area contributed by atoms with Crippen molar-refractivity contribution in [3.05, 3.63) is 53.7 Å². The lowest BCUT2D eigenvalue weighted by Crippen LogP contribution is -2.56. The number of carbonyl (C=O) groups excluding carboxylic acids is 1. The predicted octanol–water partition coefficient (Wildman–Crippen LogP) is 2.75. The molecule has 0 unspecified atom stereocenters. The zero-order chi connectivity index (χ0) is 19.8. The molecule has 2 heterocycles. The molecule has 0 N–H and O–H groups in total. The Morgan fingerprint density at radius 1 is 1.22 bits per heavy atom. The summed E-state index contributed by atoms with van der Waals surface area (Å²) in [6.45, 7) is 1.42. The van der Waals surface area contributed by atoms with Crippen LogP contribution in [0.2, 0.25) is 0 Å². The van der Waals surface area contributed by atoms with Crippen molar-refractivity contribution in [1.29, 1.82) is 0 Å². The van der Waals surface area contributed by atoms with Crippen molar-refractivity contribution in [3.8, 4) is 5.88 Å². The van der Waals surface area contributed by atoms with E-state index < -0.39 is 27.9 Å². The minimum Gasteiger partial charge on any atom is -0.472 e. The summed E-state index contributed by atoms with van der Waals surface area (Å²) in [5.74, 6) is -0.256. The van der Waals surface area contributed by atoms with Crippen LogP contribution >= 0.6 is 0 Å². The molecule has 2 aromatic rings. The van der Waals surface area contributed by atoms with Crippen molar-refractivity contribution in [2.45, 2.75) is 24.1 Å². The Kier molecular flexibility index (Phi) is 4.96. The van der Waals surface area contributed by atoms with Crippen LogP contribution in [0.4, 0.5) is 13.2 Å². The number of aromatic nitrogens is 1. The third-order valence-corrected chi connectivity index (χ3v) is 5.87. The van der Waals surface area contributed by atoms with Gasteiger partial charge in [-0.15, -0.1) is 0 Å². The summed E-state index contributed by atoms with van der Waals surface area (Å²) in [6.07, 6.45) is -4.34. The van der Waals surface area contributed by atoms with E-state index in [-0.39, 0.29) is 29.6 Å². The van der Waals surface area contributed by atoms with Crippen LogP contribution in [0.5, 0.6) is 5.88 Å². The van der Waals surface area contributed by atoms with Crippen molar-refractivity contribution >= 4 is 15.8 Å². The maximum Gasteiger partial charge on any atom is 0.417 e. The Balaban J connectivity index is 1.63. The largest absolute Gasteiger partial charge is 0.472 e. The highest BCUT2D eigenvalue weighted by molar-refractivity contribution is 7.89. The summed E-state index contributed by atoms with van der Waals surface area (Å²) < 4.78 is 69.2. The highest BCUT2D eigenvalue weighted by Crippen LogP contribution is 2.30. The van der Waals surface area contributed by atoms with Gasteiger partial charge in [-0.3, -0.25) is 4.79 Å². The Morgan fingerprint density at radius 2 is 1.93 bits per heavy atom. The van der Waals surface area contributed by atoms with Gasteiger partial charge in [-0.05, 0) is 25.1 Å². The van der Waals surface area contributed by atoms with Crippen molar-refractivity contribution < 1.29 is 31.1 Å². The third kappa shape index (κ3) is 4.11. The number of hydrogen-bond donors (Lipinski definition) is 0. The number of rotatable bonds is 5. The maximum absolute atomic E-state index is 12.6. The van der Waals surface area contributed by atoms with Gasteiger partial charge in [-0.2, -0.15) is 17.5 Å². The van der Waals surface area contributed by atoms with Gasteiger partial charge in [0, 0.05) is 17.8 Å². The summed E-state index contributed by atoms with van der Waals surface area (Å²) in [5, 5.41) is 0. The second kappa shape index (κ2) is 6.93. The Morgan fingerprint density at radius 3 is 2.48 bits per heavy atom. The van der Waals surface area contributed by atoms with Crippen molar-refractivity contribution in [1.82, 2.24) is 9.29 Å². The van der Waals surface area contributed by atoms with Gasteiger partial charge in [-0.1, -0.05) is 12.1 Å². The molecule has 6 nitrogen and oxygen atoms in total. The molecule has 1 fully saturated rings. The fourth-order valence-electron chi connectivity index (χ4n) is 2.48. The van der Waals surface area contributed by atoms with Crippen LogP contribution < -0.4 is 4.74 Å². The van der Waals surface area contributed by atoms with Crippen LogP contribution in [0.3, 0.4) is 0 Å². The summed E-state index contributed by atoms with van der Waals surface area (Å²) >= 11 is 0. The quantitative estimate of drug-likeness (QED) is 0.722. The van der Waals surface area contributed by atoms with E-state index in [2.05, 4.69) is 4.98 Å².